The summed E-state index contributed by atoms with van der Waals surface area (Å²) >= 11 is 6.46. The molecule has 7 heteroatoms. The molecule has 0 radical (unpaired) electrons. The van der Waals surface area contributed by atoms with E-state index in [9.17, 15) is 4.79 Å². The number of benzene rings is 1. The fraction of sp³-hybridized carbons (Fsp3) is 0.591. The Balaban J connectivity index is 1.40. The summed E-state index contributed by atoms with van der Waals surface area (Å²) in [6, 6.07) is 5.97. The zero-order valence-electron chi connectivity index (χ0n) is 16.9. The summed E-state index contributed by atoms with van der Waals surface area (Å²) in [7, 11) is 0. The lowest BCUT2D eigenvalue weighted by atomic mass is 9.64. The van der Waals surface area contributed by atoms with Crippen LogP contribution in [0.1, 0.15) is 75.1 Å². The summed E-state index contributed by atoms with van der Waals surface area (Å²) in [5.41, 5.74) is 1.48. The van der Waals surface area contributed by atoms with Crippen LogP contribution in [-0.2, 0) is 5.54 Å². The van der Waals surface area contributed by atoms with Crippen LogP contribution in [0.25, 0.3) is 0 Å². The Kier molecular flexibility index (Phi) is 4.57. The average Bonchev–Trinajstić information content (AvgIpc) is 3.34. The normalized spacial score (nSPS) is 29.0. The van der Waals surface area contributed by atoms with Crippen LogP contribution in [0.3, 0.4) is 0 Å². The molecule has 3 aliphatic rings. The molecule has 1 saturated heterocycles. The van der Waals surface area contributed by atoms with E-state index in [4.69, 9.17) is 16.1 Å². The third kappa shape index (κ3) is 3.12. The van der Waals surface area contributed by atoms with E-state index in [1.54, 1.807) is 0 Å². The predicted octanol–water partition coefficient (Wildman–Crippen LogP) is 5.62. The number of piperidine rings is 1. The molecule has 3 atom stereocenters. The van der Waals surface area contributed by atoms with Crippen molar-refractivity contribution in [1.82, 2.24) is 15.0 Å². The van der Waals surface area contributed by atoms with Crippen molar-refractivity contribution in [2.45, 2.75) is 76.3 Å². The van der Waals surface area contributed by atoms with Crippen LogP contribution in [0.2, 0.25) is 5.02 Å². The van der Waals surface area contributed by atoms with Crippen molar-refractivity contribution in [1.29, 1.82) is 0 Å². The van der Waals surface area contributed by atoms with E-state index in [0.717, 1.165) is 35.5 Å². The van der Waals surface area contributed by atoms with Crippen LogP contribution in [0, 0.1) is 12.8 Å². The molecular formula is C22H27ClN4O2. The van der Waals surface area contributed by atoms with E-state index in [-0.39, 0.29) is 12.1 Å². The minimum atomic E-state index is -0.478. The second-order valence-electron chi connectivity index (χ2n) is 9.10. The molecule has 1 aromatic heterocycles. The highest BCUT2D eigenvalue weighted by Crippen LogP contribution is 2.55. The topological polar surface area (TPSA) is 71.3 Å². The molecule has 154 valence electrons. The number of carbonyl (C=O) groups excluding carboxylic acids is 1. The van der Waals surface area contributed by atoms with Crippen LogP contribution in [0.5, 0.6) is 0 Å². The van der Waals surface area contributed by atoms with Crippen molar-refractivity contribution in [2.75, 3.05) is 5.32 Å². The molecule has 2 heterocycles. The van der Waals surface area contributed by atoms with Crippen molar-refractivity contribution >= 4 is 23.3 Å². The molecule has 3 unspecified atom stereocenters. The smallest absolute Gasteiger partial charge is 0.323 e. The fourth-order valence-electron chi connectivity index (χ4n) is 5.79. The Morgan fingerprint density at radius 1 is 1.31 bits per heavy atom. The van der Waals surface area contributed by atoms with Crippen molar-refractivity contribution in [3.8, 4) is 0 Å². The summed E-state index contributed by atoms with van der Waals surface area (Å²) in [5, 5.41) is 7.88. The second-order valence-corrected chi connectivity index (χ2v) is 9.51. The van der Waals surface area contributed by atoms with Crippen molar-refractivity contribution < 1.29 is 9.32 Å². The number of amides is 2. The first-order chi connectivity index (χ1) is 14.0. The number of hydrogen-bond donors (Lipinski definition) is 1. The van der Waals surface area contributed by atoms with Crippen LogP contribution in [-0.4, -0.2) is 27.1 Å². The summed E-state index contributed by atoms with van der Waals surface area (Å²) in [6.07, 6.45) is 7.59. The van der Waals surface area contributed by atoms with Gasteiger partial charge in [-0.15, -0.1) is 0 Å². The molecule has 0 spiro atoms. The highest BCUT2D eigenvalue weighted by molar-refractivity contribution is 6.31. The highest BCUT2D eigenvalue weighted by Gasteiger charge is 2.62. The van der Waals surface area contributed by atoms with Crippen molar-refractivity contribution in [3.63, 3.8) is 0 Å². The second kappa shape index (κ2) is 7.01. The van der Waals surface area contributed by atoms with E-state index in [1.165, 1.54) is 25.7 Å². The number of carbonyl (C=O) groups is 1. The van der Waals surface area contributed by atoms with Crippen LogP contribution in [0.15, 0.2) is 22.7 Å². The van der Waals surface area contributed by atoms with Gasteiger partial charge in [0.05, 0.1) is 0 Å². The molecule has 1 N–H and O–H groups in total. The molecule has 2 bridgehead atoms. The van der Waals surface area contributed by atoms with Crippen molar-refractivity contribution in [3.05, 3.63) is 40.5 Å². The zero-order valence-corrected chi connectivity index (χ0v) is 17.7. The number of aromatic nitrogens is 2. The number of urea groups is 1. The predicted molar refractivity (Wildman–Crippen MR) is 111 cm³/mol. The number of fused-ring (bicyclic) bond motifs is 2. The largest absolute Gasteiger partial charge is 0.337 e. The SMILES string of the molecule is Cc1noc(C23CC(C)CC(C2)N3C(=O)Nc2ccc(Cl)c(C3CCCC3)c2)n1. The van der Waals surface area contributed by atoms with Gasteiger partial charge in [0.25, 0.3) is 5.89 Å². The maximum Gasteiger partial charge on any atom is 0.323 e. The molecule has 2 aliphatic carbocycles. The number of hydrogen-bond acceptors (Lipinski definition) is 4. The quantitative estimate of drug-likeness (QED) is 0.707. The summed E-state index contributed by atoms with van der Waals surface area (Å²) < 4.78 is 5.53. The zero-order chi connectivity index (χ0) is 20.2. The molecule has 1 aromatic carbocycles. The van der Waals surface area contributed by atoms with Crippen molar-refractivity contribution in [2.24, 2.45) is 5.92 Å². The summed E-state index contributed by atoms with van der Waals surface area (Å²) in [6.45, 7) is 4.04. The van der Waals surface area contributed by atoms with Gasteiger partial charge in [-0.3, -0.25) is 0 Å². The Labute approximate surface area is 176 Å². The lowest BCUT2D eigenvalue weighted by molar-refractivity contribution is -0.111. The summed E-state index contributed by atoms with van der Waals surface area (Å²) in [4.78, 5) is 19.7. The van der Waals surface area contributed by atoms with E-state index >= 15 is 0 Å². The summed E-state index contributed by atoms with van der Waals surface area (Å²) in [5.74, 6) is 2.19. The molecule has 2 amide bonds. The number of nitrogens with zero attached hydrogens (tertiary/aromatic N) is 3. The van der Waals surface area contributed by atoms with Crippen LogP contribution in [0.4, 0.5) is 10.5 Å². The maximum absolute atomic E-state index is 13.3. The molecule has 29 heavy (non-hydrogen) atoms. The Bertz CT molecular complexity index is 939. The molecule has 5 rings (SSSR count). The molecule has 6 nitrogen and oxygen atoms in total. The van der Waals surface area contributed by atoms with Gasteiger partial charge in [0.2, 0.25) is 0 Å². The maximum atomic E-state index is 13.3. The number of halogens is 1. The van der Waals surface area contributed by atoms with Gasteiger partial charge in [-0.05, 0) is 68.2 Å². The minimum Gasteiger partial charge on any atom is -0.337 e. The first-order valence-electron chi connectivity index (χ1n) is 10.7. The van der Waals surface area contributed by atoms with Gasteiger partial charge in [-0.1, -0.05) is 36.5 Å². The van der Waals surface area contributed by atoms with Gasteiger partial charge < -0.3 is 14.7 Å². The standard InChI is InChI=1S/C22H27ClN4O2/c1-13-9-17-12-22(11-13,20-24-14(2)26-29-20)27(17)21(28)25-16-7-8-19(23)18(10-16)15-5-3-4-6-15/h7-8,10,13,15,17H,3-6,9,11-12H2,1-2H3,(H,25,28). The molecule has 2 aromatic rings. The van der Waals surface area contributed by atoms with E-state index in [2.05, 4.69) is 28.4 Å². The number of aryl methyl sites for hydroxylation is 1. The van der Waals surface area contributed by atoms with E-state index < -0.39 is 5.54 Å². The van der Waals surface area contributed by atoms with Gasteiger partial charge >= 0.3 is 6.03 Å². The van der Waals surface area contributed by atoms with Gasteiger partial charge in [-0.25, -0.2) is 4.79 Å². The molecular weight excluding hydrogens is 388 g/mol. The average molecular weight is 415 g/mol. The number of rotatable bonds is 3. The lowest BCUT2D eigenvalue weighted by Gasteiger charge is -2.61. The monoisotopic (exact) mass is 414 g/mol. The Hall–Kier alpha value is -2.08. The lowest BCUT2D eigenvalue weighted by Crippen LogP contribution is -2.70. The first-order valence-corrected chi connectivity index (χ1v) is 11.0. The van der Waals surface area contributed by atoms with E-state index in [0.29, 0.717) is 23.6 Å². The number of nitrogens with one attached hydrogen (secondary N) is 1. The third-order valence-electron chi connectivity index (χ3n) is 6.95. The molecule has 2 saturated carbocycles. The minimum absolute atomic E-state index is 0.0938. The van der Waals surface area contributed by atoms with Gasteiger partial charge in [-0.2, -0.15) is 4.98 Å². The Morgan fingerprint density at radius 3 is 2.83 bits per heavy atom. The van der Waals surface area contributed by atoms with Crippen LogP contribution >= 0.6 is 11.6 Å². The third-order valence-corrected chi connectivity index (χ3v) is 7.29. The van der Waals surface area contributed by atoms with E-state index in [1.807, 2.05) is 24.0 Å². The van der Waals surface area contributed by atoms with Gasteiger partial charge in [0.1, 0.15) is 5.54 Å². The van der Waals surface area contributed by atoms with Gasteiger partial charge in [0.15, 0.2) is 5.82 Å². The van der Waals surface area contributed by atoms with Crippen LogP contribution < -0.4 is 5.32 Å². The number of likely N-dealkylation sites (tertiary alicyclic amines) is 1. The Morgan fingerprint density at radius 2 is 2.10 bits per heavy atom. The highest BCUT2D eigenvalue weighted by atomic mass is 35.5. The molecule has 3 fully saturated rings. The molecule has 1 aliphatic heterocycles. The van der Waals surface area contributed by atoms with Gasteiger partial charge in [0, 0.05) is 23.2 Å². The fourth-order valence-corrected chi connectivity index (χ4v) is 6.06. The first kappa shape index (κ1) is 18.9. The number of anilines is 1.